The molecule has 0 radical (unpaired) electrons. The smallest absolute Gasteiger partial charge is 0.331 e. The Morgan fingerprint density at radius 3 is 2.52 bits per heavy atom. The van der Waals surface area contributed by atoms with Crippen LogP contribution in [0.25, 0.3) is 0 Å². The summed E-state index contributed by atoms with van der Waals surface area (Å²) in [5, 5.41) is 13.6. The van der Waals surface area contributed by atoms with E-state index in [9.17, 15) is 14.0 Å². The van der Waals surface area contributed by atoms with Crippen LogP contribution in [0.1, 0.15) is 17.2 Å². The van der Waals surface area contributed by atoms with E-state index in [0.717, 1.165) is 11.1 Å². The van der Waals surface area contributed by atoms with Gasteiger partial charge in [-0.3, -0.25) is 4.79 Å². The molecule has 0 unspecified atom stereocenters. The highest BCUT2D eigenvalue weighted by molar-refractivity contribution is 5.81. The predicted molar refractivity (Wildman–Crippen MR) is 101 cm³/mol. The molecule has 0 aliphatic carbocycles. The summed E-state index contributed by atoms with van der Waals surface area (Å²) < 4.78 is 19.4. The molecule has 29 heavy (non-hydrogen) atoms. The number of benzene rings is 2. The summed E-state index contributed by atoms with van der Waals surface area (Å²) in [5.74, 6) is -1.33. The first kappa shape index (κ1) is 20.1. The van der Waals surface area contributed by atoms with Gasteiger partial charge in [0.2, 0.25) is 0 Å². The highest BCUT2D eigenvalue weighted by atomic mass is 19.1. The van der Waals surface area contributed by atoms with Crippen molar-refractivity contribution in [3.63, 3.8) is 0 Å². The zero-order valence-corrected chi connectivity index (χ0v) is 15.6. The number of nitrogens with one attached hydrogen (secondary N) is 1. The van der Waals surface area contributed by atoms with Crippen LogP contribution in [0.3, 0.4) is 0 Å². The van der Waals surface area contributed by atoms with E-state index < -0.39 is 24.5 Å². The SMILES string of the molecule is O=C(COC(=O)[C@H](Cc1ccccc1)n1cnnn1)NCCc1ccc(F)cc1. The zero-order valence-electron chi connectivity index (χ0n) is 15.6. The van der Waals surface area contributed by atoms with Crippen LogP contribution >= 0.6 is 0 Å². The average molecular weight is 397 g/mol. The van der Waals surface area contributed by atoms with Crippen LogP contribution in [-0.4, -0.2) is 45.2 Å². The summed E-state index contributed by atoms with van der Waals surface area (Å²) in [6, 6.07) is 14.6. The van der Waals surface area contributed by atoms with Crippen LogP contribution in [0, 0.1) is 5.82 Å². The van der Waals surface area contributed by atoms with Crippen LogP contribution < -0.4 is 5.32 Å². The lowest BCUT2D eigenvalue weighted by molar-refractivity contribution is -0.152. The lowest BCUT2D eigenvalue weighted by Gasteiger charge is -2.15. The maximum Gasteiger partial charge on any atom is 0.331 e. The third kappa shape index (κ3) is 6.20. The standard InChI is InChI=1S/C20H20FN5O3/c21-17-8-6-15(7-9-17)10-11-22-19(27)13-29-20(28)18(26-14-23-24-25-26)12-16-4-2-1-3-5-16/h1-9,14,18H,10-13H2,(H,22,27)/t18-/m0/s1. The molecule has 0 aliphatic heterocycles. The number of halogens is 1. The zero-order chi connectivity index (χ0) is 20.5. The van der Waals surface area contributed by atoms with Crippen LogP contribution in [-0.2, 0) is 27.2 Å². The molecule has 1 aromatic heterocycles. The molecule has 0 saturated heterocycles. The third-order valence-corrected chi connectivity index (χ3v) is 4.22. The minimum absolute atomic E-state index is 0.308. The van der Waals surface area contributed by atoms with Gasteiger partial charge in [-0.1, -0.05) is 42.5 Å². The summed E-state index contributed by atoms with van der Waals surface area (Å²) in [5.41, 5.74) is 1.80. The summed E-state index contributed by atoms with van der Waals surface area (Å²) in [6.07, 6.45) is 2.20. The number of carbonyl (C=O) groups is 2. The Bertz CT molecular complexity index is 917. The van der Waals surface area contributed by atoms with Crippen LogP contribution in [0.15, 0.2) is 60.9 Å². The normalized spacial score (nSPS) is 11.6. The third-order valence-electron chi connectivity index (χ3n) is 4.22. The Balaban J connectivity index is 1.48. The van der Waals surface area contributed by atoms with Crippen molar-refractivity contribution in [3.8, 4) is 0 Å². The van der Waals surface area contributed by atoms with Crippen molar-refractivity contribution in [3.05, 3.63) is 77.9 Å². The second-order valence-corrected chi connectivity index (χ2v) is 6.33. The van der Waals surface area contributed by atoms with Gasteiger partial charge in [0.05, 0.1) is 0 Å². The second-order valence-electron chi connectivity index (χ2n) is 6.33. The minimum atomic E-state index is -0.778. The highest BCUT2D eigenvalue weighted by Gasteiger charge is 2.24. The number of carbonyl (C=O) groups excluding carboxylic acids is 2. The first-order valence-electron chi connectivity index (χ1n) is 9.06. The molecule has 3 aromatic rings. The van der Waals surface area contributed by atoms with Gasteiger partial charge in [-0.25, -0.2) is 13.9 Å². The van der Waals surface area contributed by atoms with Gasteiger partial charge in [0.15, 0.2) is 12.6 Å². The minimum Gasteiger partial charge on any atom is -0.454 e. The van der Waals surface area contributed by atoms with Crippen molar-refractivity contribution in [1.29, 1.82) is 0 Å². The topological polar surface area (TPSA) is 99.0 Å². The Hall–Kier alpha value is -3.62. The lowest BCUT2D eigenvalue weighted by Crippen LogP contribution is -2.33. The first-order valence-corrected chi connectivity index (χ1v) is 9.06. The van der Waals surface area contributed by atoms with E-state index in [1.807, 2.05) is 30.3 Å². The molecule has 3 rings (SSSR count). The molecule has 9 heteroatoms. The molecule has 2 aromatic carbocycles. The van der Waals surface area contributed by atoms with Gasteiger partial charge in [0, 0.05) is 13.0 Å². The number of hydrogen-bond acceptors (Lipinski definition) is 6. The van der Waals surface area contributed by atoms with E-state index in [4.69, 9.17) is 4.74 Å². The Morgan fingerprint density at radius 2 is 1.83 bits per heavy atom. The summed E-state index contributed by atoms with van der Waals surface area (Å²) >= 11 is 0. The molecule has 1 amide bonds. The van der Waals surface area contributed by atoms with Gasteiger partial charge in [0.25, 0.3) is 5.91 Å². The summed E-state index contributed by atoms with van der Waals surface area (Å²) in [7, 11) is 0. The molecule has 0 bridgehead atoms. The van der Waals surface area contributed by atoms with Crippen molar-refractivity contribution in [1.82, 2.24) is 25.5 Å². The quantitative estimate of drug-likeness (QED) is 0.550. The molecule has 0 aliphatic rings. The molecule has 0 spiro atoms. The molecular formula is C20H20FN5O3. The van der Waals surface area contributed by atoms with Gasteiger partial charge in [-0.05, 0) is 40.1 Å². The van der Waals surface area contributed by atoms with Gasteiger partial charge in [-0.15, -0.1) is 5.10 Å². The molecule has 1 heterocycles. The first-order chi connectivity index (χ1) is 14.1. The number of aromatic nitrogens is 4. The molecule has 0 fully saturated rings. The lowest BCUT2D eigenvalue weighted by atomic mass is 10.1. The number of amides is 1. The van der Waals surface area contributed by atoms with E-state index >= 15 is 0 Å². The fourth-order valence-corrected chi connectivity index (χ4v) is 2.71. The molecule has 0 saturated carbocycles. The van der Waals surface area contributed by atoms with Crippen molar-refractivity contribution in [2.24, 2.45) is 0 Å². The van der Waals surface area contributed by atoms with Gasteiger partial charge in [-0.2, -0.15) is 0 Å². The number of ether oxygens (including phenoxy) is 1. The number of tetrazole rings is 1. The van der Waals surface area contributed by atoms with Crippen LogP contribution in [0.5, 0.6) is 0 Å². The van der Waals surface area contributed by atoms with E-state index in [1.165, 1.54) is 23.1 Å². The van der Waals surface area contributed by atoms with E-state index in [0.29, 0.717) is 19.4 Å². The fourth-order valence-electron chi connectivity index (χ4n) is 2.71. The Kier molecular flexibility index (Phi) is 6.99. The Morgan fingerprint density at radius 1 is 1.07 bits per heavy atom. The molecule has 1 N–H and O–H groups in total. The van der Waals surface area contributed by atoms with Crippen molar-refractivity contribution < 1.29 is 18.7 Å². The largest absolute Gasteiger partial charge is 0.454 e. The number of rotatable bonds is 9. The number of esters is 1. The second kappa shape index (κ2) is 10.1. The monoisotopic (exact) mass is 397 g/mol. The summed E-state index contributed by atoms with van der Waals surface area (Å²) in [4.78, 5) is 24.5. The van der Waals surface area contributed by atoms with Crippen LogP contribution in [0.2, 0.25) is 0 Å². The van der Waals surface area contributed by atoms with E-state index in [2.05, 4.69) is 20.8 Å². The van der Waals surface area contributed by atoms with Gasteiger partial charge in [0.1, 0.15) is 12.1 Å². The fraction of sp³-hybridized carbons (Fsp3) is 0.250. The molecule has 8 nitrogen and oxygen atoms in total. The Labute approximate surface area is 166 Å². The average Bonchev–Trinajstić information content (AvgIpc) is 3.27. The van der Waals surface area contributed by atoms with E-state index in [1.54, 1.807) is 12.1 Å². The highest BCUT2D eigenvalue weighted by Crippen LogP contribution is 2.14. The predicted octanol–water partition coefficient (Wildman–Crippen LogP) is 1.50. The number of hydrogen-bond donors (Lipinski definition) is 1. The van der Waals surface area contributed by atoms with Crippen molar-refractivity contribution in [2.75, 3.05) is 13.2 Å². The maximum absolute atomic E-state index is 12.9. The maximum atomic E-state index is 12.9. The molecular weight excluding hydrogens is 377 g/mol. The van der Waals surface area contributed by atoms with Gasteiger partial charge < -0.3 is 10.1 Å². The molecule has 1 atom stereocenters. The number of nitrogens with zero attached hydrogens (tertiary/aromatic N) is 4. The molecule has 150 valence electrons. The van der Waals surface area contributed by atoms with Crippen molar-refractivity contribution >= 4 is 11.9 Å². The van der Waals surface area contributed by atoms with Crippen molar-refractivity contribution in [2.45, 2.75) is 18.9 Å². The van der Waals surface area contributed by atoms with Crippen LogP contribution in [0.4, 0.5) is 4.39 Å². The van der Waals surface area contributed by atoms with Gasteiger partial charge >= 0.3 is 5.97 Å². The summed E-state index contributed by atoms with van der Waals surface area (Å²) in [6.45, 7) is -0.0574. The van der Waals surface area contributed by atoms with E-state index in [-0.39, 0.29) is 5.82 Å².